The molecule has 0 fully saturated rings. The average Bonchev–Trinajstić information content (AvgIpc) is 2.67. The molecule has 0 aliphatic carbocycles. The highest BCUT2D eigenvalue weighted by Gasteiger charge is 2.26. The van der Waals surface area contributed by atoms with Crippen molar-refractivity contribution >= 4 is 29.3 Å². The van der Waals surface area contributed by atoms with Gasteiger partial charge >= 0.3 is 0 Å². The van der Waals surface area contributed by atoms with Gasteiger partial charge in [0.15, 0.2) is 12.6 Å². The van der Waals surface area contributed by atoms with E-state index in [1.165, 1.54) is 0 Å². The Labute approximate surface area is 165 Å². The summed E-state index contributed by atoms with van der Waals surface area (Å²) in [6, 6.07) is 17.3. The molecule has 144 valence electrons. The summed E-state index contributed by atoms with van der Waals surface area (Å²) in [6.45, 7) is 2.65. The number of anilines is 1. The fourth-order valence-electron chi connectivity index (χ4n) is 2.83. The van der Waals surface area contributed by atoms with E-state index in [1.54, 1.807) is 23.7 Å². The van der Waals surface area contributed by atoms with Gasteiger partial charge in [0.2, 0.25) is 0 Å². The summed E-state index contributed by atoms with van der Waals surface area (Å²) in [5.74, 6) is -0.0759. The zero-order valence-electron chi connectivity index (χ0n) is 16.4. The smallest absolute Gasteiger partial charge is 0.280 e. The summed E-state index contributed by atoms with van der Waals surface area (Å²) in [5.41, 5.74) is 1.90. The average molecular weight is 387 g/mol. The molecule has 2 atom stereocenters. The van der Waals surface area contributed by atoms with E-state index < -0.39 is 0 Å². The molecule has 0 saturated carbocycles. The lowest BCUT2D eigenvalue weighted by Gasteiger charge is -2.25. The van der Waals surface area contributed by atoms with Crippen LogP contribution in [0.25, 0.3) is 0 Å². The maximum atomic E-state index is 12.7. The molecule has 0 saturated heterocycles. The third-order valence-corrected chi connectivity index (χ3v) is 5.36. The molecule has 27 heavy (non-hydrogen) atoms. The number of para-hydroxylation sites is 1. The van der Waals surface area contributed by atoms with Crippen molar-refractivity contribution in [3.05, 3.63) is 60.2 Å². The topological polar surface area (TPSA) is 53.9 Å². The molecule has 0 heterocycles. The Bertz CT molecular complexity index is 767. The number of likely N-dealkylation sites (N-methyl/N-ethyl adjacent to an activating group) is 2. The number of nitrogens with one attached hydrogen (secondary N) is 2. The van der Waals surface area contributed by atoms with Crippen LogP contribution in [0.3, 0.4) is 0 Å². The molecule has 0 radical (unpaired) electrons. The minimum Gasteiger partial charge on any atom is -0.336 e. The Morgan fingerprint density at radius 1 is 1.11 bits per heavy atom. The second-order valence-corrected chi connectivity index (χ2v) is 7.52. The van der Waals surface area contributed by atoms with Crippen LogP contribution in [-0.4, -0.2) is 49.7 Å². The van der Waals surface area contributed by atoms with E-state index in [1.807, 2.05) is 74.8 Å². The number of carbonyl (C=O) groups excluding carboxylic acids is 2. The molecular formula is C21H28N3O2S+. The Morgan fingerprint density at radius 2 is 1.74 bits per heavy atom. The van der Waals surface area contributed by atoms with Gasteiger partial charge in [-0.25, -0.2) is 0 Å². The third-order valence-electron chi connectivity index (χ3n) is 4.57. The van der Waals surface area contributed by atoms with Gasteiger partial charge in [-0.1, -0.05) is 42.5 Å². The van der Waals surface area contributed by atoms with E-state index in [2.05, 4.69) is 5.32 Å². The predicted octanol–water partition coefficient (Wildman–Crippen LogP) is 1.91. The van der Waals surface area contributed by atoms with E-state index >= 15 is 0 Å². The van der Waals surface area contributed by atoms with Crippen LogP contribution >= 0.6 is 11.8 Å². The zero-order chi connectivity index (χ0) is 19.8. The molecule has 5 nitrogen and oxygen atoms in total. The summed E-state index contributed by atoms with van der Waals surface area (Å²) < 4.78 is 0. The highest BCUT2D eigenvalue weighted by Crippen LogP contribution is 2.24. The third kappa shape index (κ3) is 6.12. The number of thioether (sulfide) groups is 1. The second-order valence-electron chi connectivity index (χ2n) is 6.67. The van der Waals surface area contributed by atoms with Gasteiger partial charge in [0.25, 0.3) is 11.8 Å². The first-order chi connectivity index (χ1) is 12.9. The highest BCUT2D eigenvalue weighted by atomic mass is 32.2. The maximum Gasteiger partial charge on any atom is 0.280 e. The van der Waals surface area contributed by atoms with Crippen molar-refractivity contribution in [2.45, 2.75) is 24.4 Å². The summed E-state index contributed by atoms with van der Waals surface area (Å²) in [7, 11) is 3.67. The highest BCUT2D eigenvalue weighted by molar-refractivity contribution is 7.98. The van der Waals surface area contributed by atoms with Gasteiger partial charge in [-0.15, -0.1) is 11.8 Å². The van der Waals surface area contributed by atoms with Crippen LogP contribution in [0.5, 0.6) is 0 Å². The van der Waals surface area contributed by atoms with Crippen LogP contribution in [-0.2, 0) is 16.1 Å². The SMILES string of the molecule is CSc1ccccc1NC(=O)C[NH+](C)[C@H](C)C(=O)N(C)Cc1ccccc1. The monoisotopic (exact) mass is 386 g/mol. The molecule has 2 aromatic carbocycles. The largest absolute Gasteiger partial charge is 0.336 e. The number of nitrogens with zero attached hydrogens (tertiary/aromatic N) is 1. The molecule has 2 aromatic rings. The van der Waals surface area contributed by atoms with Gasteiger partial charge < -0.3 is 15.1 Å². The first kappa shape index (κ1) is 21.0. The van der Waals surface area contributed by atoms with Crippen LogP contribution in [0.2, 0.25) is 0 Å². The Kier molecular flexibility index (Phi) is 7.88. The lowest BCUT2D eigenvalue weighted by atomic mass is 10.2. The Balaban J connectivity index is 1.90. The van der Waals surface area contributed by atoms with E-state index in [9.17, 15) is 9.59 Å². The molecular weight excluding hydrogens is 358 g/mol. The van der Waals surface area contributed by atoms with E-state index in [0.717, 1.165) is 21.0 Å². The fourth-order valence-corrected chi connectivity index (χ4v) is 3.38. The first-order valence-corrected chi connectivity index (χ1v) is 10.2. The summed E-state index contributed by atoms with van der Waals surface area (Å²) in [4.78, 5) is 28.7. The van der Waals surface area contributed by atoms with E-state index in [0.29, 0.717) is 6.54 Å². The van der Waals surface area contributed by atoms with Crippen LogP contribution in [0.1, 0.15) is 12.5 Å². The quantitative estimate of drug-likeness (QED) is 0.682. The molecule has 0 aliphatic heterocycles. The number of carbonyl (C=O) groups is 2. The number of benzene rings is 2. The second kappa shape index (κ2) is 10.1. The number of rotatable bonds is 8. The molecule has 0 bridgehead atoms. The summed E-state index contributed by atoms with van der Waals surface area (Å²) in [6.07, 6.45) is 1.98. The van der Waals surface area contributed by atoms with Crippen LogP contribution in [0.15, 0.2) is 59.5 Å². The molecule has 6 heteroatoms. The predicted molar refractivity (Wildman–Crippen MR) is 111 cm³/mol. The van der Waals surface area contributed by atoms with Crippen LogP contribution in [0, 0.1) is 0 Å². The van der Waals surface area contributed by atoms with Gasteiger partial charge in [-0.2, -0.15) is 0 Å². The Hall–Kier alpha value is -2.31. The van der Waals surface area contributed by atoms with Crippen molar-refractivity contribution < 1.29 is 14.5 Å². The lowest BCUT2D eigenvalue weighted by molar-refractivity contribution is -0.886. The van der Waals surface area contributed by atoms with Gasteiger partial charge in [0.05, 0.1) is 12.7 Å². The van der Waals surface area contributed by atoms with Gasteiger partial charge in [0.1, 0.15) is 0 Å². The fraction of sp³-hybridized carbons (Fsp3) is 0.333. The minimum atomic E-state index is -0.305. The molecule has 2 N–H and O–H groups in total. The van der Waals surface area contributed by atoms with Gasteiger partial charge in [0, 0.05) is 18.5 Å². The molecule has 1 unspecified atom stereocenters. The number of quaternary nitrogens is 1. The van der Waals surface area contributed by atoms with Crippen molar-refractivity contribution in [1.29, 1.82) is 0 Å². The van der Waals surface area contributed by atoms with Crippen molar-refractivity contribution in [3.8, 4) is 0 Å². The van der Waals surface area contributed by atoms with Gasteiger partial charge in [-0.05, 0) is 30.9 Å². The molecule has 0 spiro atoms. The maximum absolute atomic E-state index is 12.7. The number of hydrogen-bond donors (Lipinski definition) is 2. The number of amides is 2. The first-order valence-electron chi connectivity index (χ1n) is 8.96. The standard InChI is InChI=1S/C21H27N3O2S/c1-16(21(26)24(3)14-17-10-6-5-7-11-17)23(2)15-20(25)22-18-12-8-9-13-19(18)27-4/h5-13,16H,14-15H2,1-4H3,(H,22,25)/p+1/t16-/m1/s1. The van der Waals surface area contributed by atoms with Crippen molar-refractivity contribution in [2.75, 3.05) is 32.2 Å². The molecule has 0 aliphatic rings. The van der Waals surface area contributed by atoms with E-state index in [4.69, 9.17) is 0 Å². The summed E-state index contributed by atoms with van der Waals surface area (Å²) in [5, 5.41) is 2.95. The zero-order valence-corrected chi connectivity index (χ0v) is 17.2. The molecule has 2 amide bonds. The summed E-state index contributed by atoms with van der Waals surface area (Å²) >= 11 is 1.59. The van der Waals surface area contributed by atoms with Crippen molar-refractivity contribution in [2.24, 2.45) is 0 Å². The minimum absolute atomic E-state index is 0.0219. The van der Waals surface area contributed by atoms with Crippen molar-refractivity contribution in [1.82, 2.24) is 4.90 Å². The van der Waals surface area contributed by atoms with Gasteiger partial charge in [-0.3, -0.25) is 9.59 Å². The number of hydrogen-bond acceptors (Lipinski definition) is 3. The van der Waals surface area contributed by atoms with Crippen molar-refractivity contribution in [3.63, 3.8) is 0 Å². The molecule has 2 rings (SSSR count). The van der Waals surface area contributed by atoms with Crippen LogP contribution in [0.4, 0.5) is 5.69 Å². The van der Waals surface area contributed by atoms with Crippen LogP contribution < -0.4 is 10.2 Å². The normalized spacial score (nSPS) is 12.9. The Morgan fingerprint density at radius 3 is 2.41 bits per heavy atom. The molecule has 0 aromatic heterocycles. The lowest BCUT2D eigenvalue weighted by Crippen LogP contribution is -3.15. The van der Waals surface area contributed by atoms with E-state index in [-0.39, 0.29) is 24.4 Å².